The minimum Gasteiger partial charge on any atom is -0.176 e. The molecule has 2 atom stereocenters. The molecule has 98 valence electrons. The van der Waals surface area contributed by atoms with Crippen LogP contribution in [-0.2, 0) is 0 Å². The molecular formula is C14H30S2. The average Bonchev–Trinajstić information content (AvgIpc) is 2.29. The second-order valence-corrected chi connectivity index (χ2v) is 6.34. The lowest BCUT2D eigenvalue weighted by molar-refractivity contribution is 0.564. The van der Waals surface area contributed by atoms with Crippen LogP contribution < -0.4 is 0 Å². The summed E-state index contributed by atoms with van der Waals surface area (Å²) in [4.78, 5) is 0. The van der Waals surface area contributed by atoms with Crippen molar-refractivity contribution in [2.75, 3.05) is 0 Å². The normalized spacial score (nSPS) is 15.0. The van der Waals surface area contributed by atoms with Crippen LogP contribution in [0.15, 0.2) is 0 Å². The number of thiol groups is 2. The van der Waals surface area contributed by atoms with Crippen molar-refractivity contribution >= 4 is 25.3 Å². The molecule has 2 heteroatoms. The number of rotatable bonds is 11. The summed E-state index contributed by atoms with van der Waals surface area (Å²) in [5, 5.41) is 1.27. The fourth-order valence-electron chi connectivity index (χ4n) is 1.93. The zero-order valence-electron chi connectivity index (χ0n) is 11.1. The molecule has 0 saturated carbocycles. The summed E-state index contributed by atoms with van der Waals surface area (Å²) in [6, 6.07) is 0. The topological polar surface area (TPSA) is 0 Å². The van der Waals surface area contributed by atoms with Crippen molar-refractivity contribution < 1.29 is 0 Å². The van der Waals surface area contributed by atoms with Crippen LogP contribution in [-0.4, -0.2) is 10.5 Å². The molecule has 0 aliphatic rings. The zero-order chi connectivity index (χ0) is 12.2. The largest absolute Gasteiger partial charge is 0.176 e. The molecule has 0 heterocycles. The van der Waals surface area contributed by atoms with Gasteiger partial charge in [0.1, 0.15) is 0 Å². The molecule has 16 heavy (non-hydrogen) atoms. The highest BCUT2D eigenvalue weighted by atomic mass is 32.1. The molecule has 0 radical (unpaired) electrons. The summed E-state index contributed by atoms with van der Waals surface area (Å²) in [6.45, 7) is 4.50. The third kappa shape index (κ3) is 11.2. The molecule has 0 fully saturated rings. The predicted molar refractivity (Wildman–Crippen MR) is 83.1 cm³/mol. The third-order valence-electron chi connectivity index (χ3n) is 3.11. The van der Waals surface area contributed by atoms with Gasteiger partial charge in [-0.25, -0.2) is 0 Å². The lowest BCUT2D eigenvalue weighted by Crippen LogP contribution is -2.01. The molecule has 0 nitrogen and oxygen atoms in total. The van der Waals surface area contributed by atoms with Crippen LogP contribution in [0.2, 0.25) is 0 Å². The highest BCUT2D eigenvalue weighted by Gasteiger charge is 2.05. The Balaban J connectivity index is 3.24. The van der Waals surface area contributed by atoms with E-state index in [-0.39, 0.29) is 0 Å². The van der Waals surface area contributed by atoms with Crippen LogP contribution in [0, 0.1) is 0 Å². The van der Waals surface area contributed by atoms with Gasteiger partial charge >= 0.3 is 0 Å². The second-order valence-electron chi connectivity index (χ2n) is 4.88. The Morgan fingerprint density at radius 1 is 0.625 bits per heavy atom. The molecule has 0 aromatic heterocycles. The van der Waals surface area contributed by atoms with Gasteiger partial charge in [-0.05, 0) is 25.7 Å². The molecule has 0 saturated heterocycles. The van der Waals surface area contributed by atoms with Crippen LogP contribution in [0.4, 0.5) is 0 Å². The number of unbranched alkanes of at least 4 members (excludes halogenated alkanes) is 3. The van der Waals surface area contributed by atoms with E-state index in [0.717, 1.165) is 0 Å². The van der Waals surface area contributed by atoms with Crippen molar-refractivity contribution in [2.24, 2.45) is 0 Å². The standard InChI is InChI=1S/C14H30S2/c1-3-5-9-13(15)11-7-8-12-14(16)10-6-4-2/h13-16H,3-12H2,1-2H3. The Kier molecular flexibility index (Phi) is 12.7. The summed E-state index contributed by atoms with van der Waals surface area (Å²) in [6.07, 6.45) is 13.1. The van der Waals surface area contributed by atoms with Gasteiger partial charge in [-0.15, -0.1) is 0 Å². The summed E-state index contributed by atoms with van der Waals surface area (Å²) in [7, 11) is 0. The van der Waals surface area contributed by atoms with Crippen LogP contribution >= 0.6 is 25.3 Å². The van der Waals surface area contributed by atoms with Gasteiger partial charge in [0.25, 0.3) is 0 Å². The Morgan fingerprint density at radius 3 is 1.25 bits per heavy atom. The maximum Gasteiger partial charge on any atom is 0.00168 e. The van der Waals surface area contributed by atoms with Gasteiger partial charge in [0.2, 0.25) is 0 Å². The van der Waals surface area contributed by atoms with E-state index < -0.39 is 0 Å². The molecule has 0 bridgehead atoms. The van der Waals surface area contributed by atoms with Crippen LogP contribution in [0.5, 0.6) is 0 Å². The molecule has 0 spiro atoms. The first-order valence-corrected chi connectivity index (χ1v) is 8.10. The van der Waals surface area contributed by atoms with E-state index in [0.29, 0.717) is 10.5 Å². The molecule has 0 aromatic carbocycles. The van der Waals surface area contributed by atoms with E-state index >= 15 is 0 Å². The van der Waals surface area contributed by atoms with Crippen LogP contribution in [0.3, 0.4) is 0 Å². The van der Waals surface area contributed by atoms with Gasteiger partial charge < -0.3 is 0 Å². The van der Waals surface area contributed by atoms with Gasteiger partial charge in [-0.3, -0.25) is 0 Å². The highest BCUT2D eigenvalue weighted by Crippen LogP contribution is 2.18. The van der Waals surface area contributed by atoms with Gasteiger partial charge in [0, 0.05) is 10.5 Å². The predicted octanol–water partition coefficient (Wildman–Crippen LogP) is 5.52. The maximum atomic E-state index is 4.63. The molecule has 0 aliphatic heterocycles. The summed E-state index contributed by atoms with van der Waals surface area (Å²) in [5.41, 5.74) is 0. The minimum atomic E-state index is 0.633. The summed E-state index contributed by atoms with van der Waals surface area (Å²) < 4.78 is 0. The highest BCUT2D eigenvalue weighted by molar-refractivity contribution is 7.81. The lowest BCUT2D eigenvalue weighted by atomic mass is 10.0. The number of hydrogen-bond donors (Lipinski definition) is 2. The molecule has 0 aliphatic carbocycles. The van der Waals surface area contributed by atoms with E-state index in [1.54, 1.807) is 0 Å². The van der Waals surface area contributed by atoms with Crippen molar-refractivity contribution in [2.45, 2.75) is 88.6 Å². The Bertz CT molecular complexity index is 121. The summed E-state index contributed by atoms with van der Waals surface area (Å²) >= 11 is 9.25. The van der Waals surface area contributed by atoms with Crippen LogP contribution in [0.1, 0.15) is 78.1 Å². The molecule has 0 amide bonds. The van der Waals surface area contributed by atoms with Crippen molar-refractivity contribution in [3.05, 3.63) is 0 Å². The van der Waals surface area contributed by atoms with E-state index in [4.69, 9.17) is 0 Å². The van der Waals surface area contributed by atoms with Crippen molar-refractivity contribution in [1.29, 1.82) is 0 Å². The third-order valence-corrected chi connectivity index (χ3v) is 4.14. The SMILES string of the molecule is CCCCC(S)CCCCC(S)CCCC. The van der Waals surface area contributed by atoms with Crippen molar-refractivity contribution in [3.63, 3.8) is 0 Å². The monoisotopic (exact) mass is 262 g/mol. The molecule has 0 rings (SSSR count). The Labute approximate surface area is 114 Å². The fraction of sp³-hybridized carbons (Fsp3) is 1.00. The first-order chi connectivity index (χ1) is 7.70. The van der Waals surface area contributed by atoms with Gasteiger partial charge in [0.05, 0.1) is 0 Å². The maximum absolute atomic E-state index is 4.63. The van der Waals surface area contributed by atoms with Gasteiger partial charge in [-0.2, -0.15) is 25.3 Å². The average molecular weight is 263 g/mol. The van der Waals surface area contributed by atoms with E-state index in [2.05, 4.69) is 39.1 Å². The molecular weight excluding hydrogens is 232 g/mol. The smallest absolute Gasteiger partial charge is 0.00168 e. The van der Waals surface area contributed by atoms with E-state index in [1.165, 1.54) is 64.2 Å². The van der Waals surface area contributed by atoms with Crippen LogP contribution in [0.25, 0.3) is 0 Å². The fourth-order valence-corrected chi connectivity index (χ4v) is 2.66. The van der Waals surface area contributed by atoms with E-state index in [9.17, 15) is 0 Å². The van der Waals surface area contributed by atoms with Crippen molar-refractivity contribution in [3.8, 4) is 0 Å². The number of hydrogen-bond acceptors (Lipinski definition) is 2. The summed E-state index contributed by atoms with van der Waals surface area (Å²) in [5.74, 6) is 0. The van der Waals surface area contributed by atoms with Crippen molar-refractivity contribution in [1.82, 2.24) is 0 Å². The Morgan fingerprint density at radius 2 is 0.938 bits per heavy atom. The molecule has 0 aromatic rings. The molecule has 2 unspecified atom stereocenters. The lowest BCUT2D eigenvalue weighted by Gasteiger charge is -2.12. The first-order valence-electron chi connectivity index (χ1n) is 7.06. The first kappa shape index (κ1) is 16.7. The minimum absolute atomic E-state index is 0.633. The molecule has 0 N–H and O–H groups in total. The Hall–Kier alpha value is 0.700. The van der Waals surface area contributed by atoms with Gasteiger partial charge in [0.15, 0.2) is 0 Å². The van der Waals surface area contributed by atoms with Gasteiger partial charge in [-0.1, -0.05) is 52.4 Å². The quantitative estimate of drug-likeness (QED) is 0.355. The zero-order valence-corrected chi connectivity index (χ0v) is 12.9. The second kappa shape index (κ2) is 12.2. The van der Waals surface area contributed by atoms with E-state index in [1.807, 2.05) is 0 Å².